The van der Waals surface area contributed by atoms with Gasteiger partial charge >= 0.3 is 0 Å². The monoisotopic (exact) mass is 381 g/mol. The van der Waals surface area contributed by atoms with Crippen LogP contribution in [0, 0.1) is 11.8 Å². The number of amides is 1. The highest BCUT2D eigenvalue weighted by Crippen LogP contribution is 2.28. The number of hydrogen-bond donors (Lipinski definition) is 0. The highest BCUT2D eigenvalue weighted by atomic mass is 79.9. The number of anilines is 1. The van der Waals surface area contributed by atoms with Gasteiger partial charge < -0.3 is 14.5 Å². The van der Waals surface area contributed by atoms with E-state index >= 15 is 0 Å². The van der Waals surface area contributed by atoms with Crippen molar-refractivity contribution in [2.75, 3.05) is 44.8 Å². The van der Waals surface area contributed by atoms with Gasteiger partial charge in [-0.2, -0.15) is 0 Å². The second-order valence-electron chi connectivity index (χ2n) is 6.52. The molecule has 1 aromatic rings. The maximum atomic E-state index is 12.4. The lowest BCUT2D eigenvalue weighted by atomic mass is 9.95. The van der Waals surface area contributed by atoms with Crippen molar-refractivity contribution in [1.82, 2.24) is 9.88 Å². The van der Waals surface area contributed by atoms with Gasteiger partial charge in [0.1, 0.15) is 5.82 Å². The Balaban J connectivity index is 1.49. The molecule has 126 valence electrons. The van der Waals surface area contributed by atoms with Gasteiger partial charge in [-0.25, -0.2) is 4.98 Å². The smallest absolute Gasteiger partial charge is 0.227 e. The molecule has 5 nitrogen and oxygen atoms in total. The summed E-state index contributed by atoms with van der Waals surface area (Å²) in [5, 5.41) is 0. The molecule has 0 aromatic carbocycles. The van der Waals surface area contributed by atoms with Crippen LogP contribution in [-0.2, 0) is 9.53 Å². The van der Waals surface area contributed by atoms with Gasteiger partial charge in [0.25, 0.3) is 0 Å². The van der Waals surface area contributed by atoms with Crippen molar-refractivity contribution in [1.29, 1.82) is 0 Å². The number of rotatable bonds is 4. The van der Waals surface area contributed by atoms with Crippen molar-refractivity contribution in [3.05, 3.63) is 22.8 Å². The Morgan fingerprint density at radius 2 is 2.22 bits per heavy atom. The first-order valence-corrected chi connectivity index (χ1v) is 9.12. The van der Waals surface area contributed by atoms with Crippen LogP contribution in [-0.4, -0.2) is 55.7 Å². The number of pyridine rings is 1. The number of hydrogen-bond acceptors (Lipinski definition) is 4. The Hall–Kier alpha value is -1.14. The van der Waals surface area contributed by atoms with E-state index in [-0.39, 0.29) is 11.8 Å². The molecule has 6 heteroatoms. The third-order valence-electron chi connectivity index (χ3n) is 4.84. The average Bonchev–Trinajstić information content (AvgIpc) is 3.10. The van der Waals surface area contributed by atoms with E-state index in [0.29, 0.717) is 12.5 Å². The van der Waals surface area contributed by atoms with Crippen molar-refractivity contribution in [2.24, 2.45) is 11.8 Å². The molecular weight excluding hydrogens is 358 g/mol. The predicted octanol–water partition coefficient (Wildman–Crippen LogP) is 2.56. The summed E-state index contributed by atoms with van der Waals surface area (Å²) in [5.74, 6) is 1.92. The van der Waals surface area contributed by atoms with Crippen molar-refractivity contribution in [2.45, 2.75) is 19.3 Å². The van der Waals surface area contributed by atoms with E-state index in [2.05, 4.69) is 25.8 Å². The Labute approximate surface area is 146 Å². The first-order chi connectivity index (χ1) is 11.1. The summed E-state index contributed by atoms with van der Waals surface area (Å²) in [7, 11) is 1.93. The number of piperidine rings is 1. The van der Waals surface area contributed by atoms with E-state index in [9.17, 15) is 4.79 Å². The van der Waals surface area contributed by atoms with Crippen LogP contribution in [0.3, 0.4) is 0 Å². The summed E-state index contributed by atoms with van der Waals surface area (Å²) in [5.41, 5.74) is 0. The van der Waals surface area contributed by atoms with Gasteiger partial charge in [0.2, 0.25) is 5.91 Å². The lowest BCUT2D eigenvalue weighted by Gasteiger charge is -2.35. The lowest BCUT2D eigenvalue weighted by molar-refractivity contribution is -0.134. The minimum absolute atomic E-state index is 0.0737. The summed E-state index contributed by atoms with van der Waals surface area (Å²) in [6.45, 7) is 4.16. The van der Waals surface area contributed by atoms with Gasteiger partial charge in [-0.05, 0) is 53.2 Å². The number of nitrogens with zero attached hydrogens (tertiary/aromatic N) is 3. The van der Waals surface area contributed by atoms with Crippen molar-refractivity contribution in [3.8, 4) is 0 Å². The first kappa shape index (κ1) is 16.7. The maximum Gasteiger partial charge on any atom is 0.227 e. The average molecular weight is 382 g/mol. The molecule has 3 rings (SSSR count). The Bertz CT molecular complexity index is 540. The molecule has 1 aromatic heterocycles. The second-order valence-corrected chi connectivity index (χ2v) is 7.37. The van der Waals surface area contributed by atoms with Gasteiger partial charge in [-0.3, -0.25) is 4.79 Å². The number of aromatic nitrogens is 1. The zero-order chi connectivity index (χ0) is 16.2. The third kappa shape index (κ3) is 4.04. The minimum atomic E-state index is 0.0737. The fourth-order valence-corrected chi connectivity index (χ4v) is 3.96. The molecule has 2 saturated heterocycles. The molecule has 0 N–H and O–H groups in total. The summed E-state index contributed by atoms with van der Waals surface area (Å²) < 4.78 is 6.38. The second kappa shape index (κ2) is 7.62. The van der Waals surface area contributed by atoms with E-state index < -0.39 is 0 Å². The molecule has 0 spiro atoms. The zero-order valence-electron chi connectivity index (χ0n) is 13.6. The molecule has 0 saturated carbocycles. The van der Waals surface area contributed by atoms with Gasteiger partial charge in [-0.1, -0.05) is 0 Å². The van der Waals surface area contributed by atoms with Crippen LogP contribution in [0.25, 0.3) is 0 Å². The Morgan fingerprint density at radius 1 is 1.43 bits per heavy atom. The highest BCUT2D eigenvalue weighted by molar-refractivity contribution is 9.10. The fourth-order valence-electron chi connectivity index (χ4n) is 3.46. The molecule has 1 unspecified atom stereocenters. The summed E-state index contributed by atoms with van der Waals surface area (Å²) in [4.78, 5) is 21.1. The van der Waals surface area contributed by atoms with Crippen LogP contribution in [0.4, 0.5) is 5.82 Å². The van der Waals surface area contributed by atoms with E-state index in [1.807, 2.05) is 30.3 Å². The van der Waals surface area contributed by atoms with Crippen LogP contribution in [0.5, 0.6) is 0 Å². The van der Waals surface area contributed by atoms with Gasteiger partial charge in [0, 0.05) is 39.5 Å². The molecule has 2 aliphatic rings. The molecule has 0 aliphatic carbocycles. The normalized spacial score (nSPS) is 22.3. The number of ether oxygens (including phenoxy) is 1. The predicted molar refractivity (Wildman–Crippen MR) is 93.4 cm³/mol. The topological polar surface area (TPSA) is 45.7 Å². The van der Waals surface area contributed by atoms with Crippen molar-refractivity contribution in [3.63, 3.8) is 0 Å². The number of carbonyl (C=O) groups excluding carboxylic acids is 1. The van der Waals surface area contributed by atoms with E-state index in [1.165, 1.54) is 0 Å². The molecular formula is C17H24BrN3O2. The number of carbonyl (C=O) groups is 1. The Kier molecular flexibility index (Phi) is 5.54. The molecule has 2 aliphatic heterocycles. The summed E-state index contributed by atoms with van der Waals surface area (Å²) in [6.07, 6.45) is 4.90. The van der Waals surface area contributed by atoms with Crippen molar-refractivity contribution >= 4 is 27.7 Å². The quantitative estimate of drug-likeness (QED) is 0.803. The van der Waals surface area contributed by atoms with Crippen LogP contribution in [0.1, 0.15) is 19.3 Å². The molecule has 0 bridgehead atoms. The van der Waals surface area contributed by atoms with Crippen LogP contribution >= 0.6 is 15.9 Å². The Morgan fingerprint density at radius 3 is 2.87 bits per heavy atom. The lowest BCUT2D eigenvalue weighted by Crippen LogP contribution is -2.41. The zero-order valence-corrected chi connectivity index (χ0v) is 15.2. The van der Waals surface area contributed by atoms with Crippen LogP contribution in [0.2, 0.25) is 0 Å². The van der Waals surface area contributed by atoms with Gasteiger partial charge in [0.15, 0.2) is 0 Å². The van der Waals surface area contributed by atoms with Crippen LogP contribution in [0.15, 0.2) is 22.8 Å². The SMILES string of the molecule is CN(CC1CCN(c2ncccc2Br)CC1)C(=O)C1CCOC1. The standard InChI is InChI=1S/C17H24BrN3O2/c1-20(17(22)14-6-10-23-12-14)11-13-4-8-21(9-5-13)16-15(18)3-2-7-19-16/h2-3,7,13-14H,4-6,8-12H2,1H3. The van der Waals surface area contributed by atoms with E-state index in [0.717, 1.165) is 55.8 Å². The molecule has 0 radical (unpaired) electrons. The van der Waals surface area contributed by atoms with Crippen LogP contribution < -0.4 is 4.90 Å². The molecule has 23 heavy (non-hydrogen) atoms. The summed E-state index contributed by atoms with van der Waals surface area (Å²) >= 11 is 3.58. The van der Waals surface area contributed by atoms with Gasteiger partial charge in [0.05, 0.1) is 17.0 Å². The molecule has 2 fully saturated rings. The van der Waals surface area contributed by atoms with E-state index in [4.69, 9.17) is 4.74 Å². The molecule has 1 amide bonds. The largest absolute Gasteiger partial charge is 0.381 e. The van der Waals surface area contributed by atoms with Gasteiger partial charge in [-0.15, -0.1) is 0 Å². The minimum Gasteiger partial charge on any atom is -0.381 e. The summed E-state index contributed by atoms with van der Waals surface area (Å²) in [6, 6.07) is 3.97. The maximum absolute atomic E-state index is 12.4. The van der Waals surface area contributed by atoms with Crippen molar-refractivity contribution < 1.29 is 9.53 Å². The fraction of sp³-hybridized carbons (Fsp3) is 0.647. The van der Waals surface area contributed by atoms with E-state index in [1.54, 1.807) is 0 Å². The number of halogens is 1. The first-order valence-electron chi connectivity index (χ1n) is 8.33. The third-order valence-corrected chi connectivity index (χ3v) is 5.46. The molecule has 3 heterocycles. The molecule has 1 atom stereocenters. The highest BCUT2D eigenvalue weighted by Gasteiger charge is 2.29.